The average Bonchev–Trinajstić information content (AvgIpc) is 2.93. The van der Waals surface area contributed by atoms with Crippen molar-refractivity contribution in [2.45, 2.75) is 32.8 Å². The van der Waals surface area contributed by atoms with Crippen molar-refractivity contribution in [2.24, 2.45) is 11.3 Å². The molecular formula is C18H26FNO3. The quantitative estimate of drug-likeness (QED) is 0.839. The number of benzene rings is 1. The van der Waals surface area contributed by atoms with Crippen LogP contribution < -0.4 is 5.32 Å². The van der Waals surface area contributed by atoms with Crippen molar-refractivity contribution in [3.63, 3.8) is 0 Å². The number of nitrogens with one attached hydrogen (secondary N) is 1. The summed E-state index contributed by atoms with van der Waals surface area (Å²) in [6.45, 7) is 5.80. The van der Waals surface area contributed by atoms with Crippen LogP contribution in [0.25, 0.3) is 0 Å². The van der Waals surface area contributed by atoms with Crippen LogP contribution in [0.2, 0.25) is 0 Å². The molecule has 2 rings (SSSR count). The lowest BCUT2D eigenvalue weighted by Gasteiger charge is -2.24. The van der Waals surface area contributed by atoms with Gasteiger partial charge in [-0.2, -0.15) is 0 Å². The molecule has 1 aliphatic heterocycles. The molecule has 0 spiro atoms. The molecule has 1 aromatic carbocycles. The van der Waals surface area contributed by atoms with E-state index in [2.05, 4.69) is 5.32 Å². The number of hydrogen-bond donors (Lipinski definition) is 1. The normalized spacial score (nSPS) is 21.4. The SMILES string of the molecule is COCC(C)(C)CC(=O)NC[C@@H]1CCO[C@H]1c1ccc(F)cc1. The van der Waals surface area contributed by atoms with Gasteiger partial charge in [-0.1, -0.05) is 26.0 Å². The Bertz CT molecular complexity index is 516. The third-order valence-corrected chi connectivity index (χ3v) is 4.15. The van der Waals surface area contributed by atoms with Gasteiger partial charge in [0.05, 0.1) is 12.7 Å². The Balaban J connectivity index is 1.87. The fourth-order valence-electron chi connectivity index (χ4n) is 3.05. The van der Waals surface area contributed by atoms with E-state index in [-0.39, 0.29) is 29.2 Å². The van der Waals surface area contributed by atoms with Gasteiger partial charge >= 0.3 is 0 Å². The fourth-order valence-corrected chi connectivity index (χ4v) is 3.05. The summed E-state index contributed by atoms with van der Waals surface area (Å²) in [5.74, 6) is -0.0104. The van der Waals surface area contributed by atoms with Crippen LogP contribution in [0.4, 0.5) is 4.39 Å². The predicted octanol–water partition coefficient (Wildman–Crippen LogP) is 3.08. The van der Waals surface area contributed by atoms with Crippen molar-refractivity contribution in [3.8, 4) is 0 Å². The number of amides is 1. The molecule has 0 aliphatic carbocycles. The Morgan fingerprint density at radius 3 is 2.74 bits per heavy atom. The van der Waals surface area contributed by atoms with Gasteiger partial charge in [0.1, 0.15) is 5.82 Å². The Labute approximate surface area is 137 Å². The highest BCUT2D eigenvalue weighted by atomic mass is 19.1. The van der Waals surface area contributed by atoms with Crippen molar-refractivity contribution in [3.05, 3.63) is 35.6 Å². The van der Waals surface area contributed by atoms with Crippen molar-refractivity contribution < 1.29 is 18.7 Å². The molecule has 1 aromatic rings. The van der Waals surface area contributed by atoms with Crippen molar-refractivity contribution >= 4 is 5.91 Å². The fraction of sp³-hybridized carbons (Fsp3) is 0.611. The summed E-state index contributed by atoms with van der Waals surface area (Å²) < 4.78 is 23.9. The van der Waals surface area contributed by atoms with E-state index >= 15 is 0 Å². The second kappa shape index (κ2) is 7.88. The zero-order valence-corrected chi connectivity index (χ0v) is 14.1. The number of methoxy groups -OCH3 is 1. The minimum atomic E-state index is -0.253. The number of hydrogen-bond acceptors (Lipinski definition) is 3. The highest BCUT2D eigenvalue weighted by Gasteiger charge is 2.30. The van der Waals surface area contributed by atoms with Crippen LogP contribution in [0.1, 0.15) is 38.4 Å². The maximum Gasteiger partial charge on any atom is 0.220 e. The van der Waals surface area contributed by atoms with Crippen LogP contribution >= 0.6 is 0 Å². The van der Waals surface area contributed by atoms with Gasteiger partial charge in [-0.15, -0.1) is 0 Å². The minimum Gasteiger partial charge on any atom is -0.384 e. The molecule has 1 amide bonds. The van der Waals surface area contributed by atoms with E-state index in [4.69, 9.17) is 9.47 Å². The van der Waals surface area contributed by atoms with Gasteiger partial charge in [0.25, 0.3) is 0 Å². The van der Waals surface area contributed by atoms with Gasteiger partial charge in [-0.3, -0.25) is 4.79 Å². The van der Waals surface area contributed by atoms with Crippen LogP contribution in [-0.4, -0.2) is 32.8 Å². The maximum atomic E-state index is 13.0. The molecule has 4 nitrogen and oxygen atoms in total. The molecule has 1 saturated heterocycles. The van der Waals surface area contributed by atoms with Crippen molar-refractivity contribution in [2.75, 3.05) is 26.9 Å². The van der Waals surface area contributed by atoms with Crippen molar-refractivity contribution in [1.29, 1.82) is 0 Å². The molecule has 1 fully saturated rings. The molecule has 23 heavy (non-hydrogen) atoms. The molecule has 0 aromatic heterocycles. The number of carbonyl (C=O) groups excluding carboxylic acids is 1. The molecule has 128 valence electrons. The van der Waals surface area contributed by atoms with Gasteiger partial charge in [-0.25, -0.2) is 4.39 Å². The second-order valence-corrected chi connectivity index (χ2v) is 6.97. The highest BCUT2D eigenvalue weighted by molar-refractivity contribution is 5.76. The standard InChI is InChI=1S/C18H26FNO3/c1-18(2,12-22-3)10-16(21)20-11-14-8-9-23-17(14)13-4-6-15(19)7-5-13/h4-7,14,17H,8-12H2,1-3H3,(H,20,21)/t14-,17-/m0/s1. The zero-order chi connectivity index (χ0) is 16.9. The molecule has 5 heteroatoms. The summed E-state index contributed by atoms with van der Waals surface area (Å²) in [6.07, 6.45) is 1.24. The van der Waals surface area contributed by atoms with Crippen LogP contribution in [0.3, 0.4) is 0 Å². The third-order valence-electron chi connectivity index (χ3n) is 4.15. The molecule has 0 bridgehead atoms. The average molecular weight is 323 g/mol. The summed E-state index contributed by atoms with van der Waals surface area (Å²) in [6, 6.07) is 6.39. The monoisotopic (exact) mass is 323 g/mol. The lowest BCUT2D eigenvalue weighted by Crippen LogP contribution is -2.34. The van der Waals surface area contributed by atoms with Gasteiger partial charge in [0.2, 0.25) is 5.91 Å². The van der Waals surface area contributed by atoms with Gasteiger partial charge in [0.15, 0.2) is 0 Å². The first-order valence-electron chi connectivity index (χ1n) is 8.04. The highest BCUT2D eigenvalue weighted by Crippen LogP contribution is 2.34. The zero-order valence-electron chi connectivity index (χ0n) is 14.1. The Morgan fingerprint density at radius 1 is 1.39 bits per heavy atom. The van der Waals surface area contributed by atoms with Crippen LogP contribution in [-0.2, 0) is 14.3 Å². The summed E-state index contributed by atoms with van der Waals surface area (Å²) in [7, 11) is 1.64. The number of rotatable bonds is 7. The van der Waals surface area contributed by atoms with Crippen LogP contribution in [0.15, 0.2) is 24.3 Å². The topological polar surface area (TPSA) is 47.6 Å². The Kier molecular flexibility index (Phi) is 6.13. The third kappa shape index (κ3) is 5.29. The van der Waals surface area contributed by atoms with Gasteiger partial charge in [-0.05, 0) is 29.5 Å². The van der Waals surface area contributed by atoms with E-state index in [1.807, 2.05) is 13.8 Å². The Morgan fingerprint density at radius 2 is 2.09 bits per heavy atom. The summed E-state index contributed by atoms with van der Waals surface area (Å²) in [5.41, 5.74) is 0.782. The van der Waals surface area contributed by atoms with E-state index < -0.39 is 0 Å². The minimum absolute atomic E-state index is 0.0248. The van der Waals surface area contributed by atoms with Crippen LogP contribution in [0, 0.1) is 17.2 Å². The van der Waals surface area contributed by atoms with E-state index in [0.29, 0.717) is 26.2 Å². The van der Waals surface area contributed by atoms with E-state index in [9.17, 15) is 9.18 Å². The second-order valence-electron chi connectivity index (χ2n) is 6.97. The Hall–Kier alpha value is -1.46. The number of halogens is 1. The predicted molar refractivity (Wildman–Crippen MR) is 86.5 cm³/mol. The smallest absolute Gasteiger partial charge is 0.220 e. The first-order chi connectivity index (χ1) is 10.9. The van der Waals surface area contributed by atoms with Crippen molar-refractivity contribution in [1.82, 2.24) is 5.32 Å². The van der Waals surface area contributed by atoms with E-state index in [1.54, 1.807) is 19.2 Å². The first kappa shape index (κ1) is 17.9. The largest absolute Gasteiger partial charge is 0.384 e. The van der Waals surface area contributed by atoms with E-state index in [0.717, 1.165) is 12.0 Å². The van der Waals surface area contributed by atoms with E-state index in [1.165, 1.54) is 12.1 Å². The molecule has 1 N–H and O–H groups in total. The molecule has 0 saturated carbocycles. The molecule has 1 heterocycles. The summed E-state index contributed by atoms with van der Waals surface area (Å²) >= 11 is 0. The van der Waals surface area contributed by atoms with Gasteiger partial charge in [0, 0.05) is 32.6 Å². The summed E-state index contributed by atoms with van der Waals surface area (Å²) in [4.78, 5) is 12.1. The molecule has 1 aliphatic rings. The molecular weight excluding hydrogens is 297 g/mol. The molecule has 2 atom stereocenters. The first-order valence-corrected chi connectivity index (χ1v) is 8.04. The maximum absolute atomic E-state index is 13.0. The molecule has 0 radical (unpaired) electrons. The number of carbonyl (C=O) groups is 1. The summed E-state index contributed by atoms with van der Waals surface area (Å²) in [5, 5.41) is 3.00. The van der Waals surface area contributed by atoms with Crippen LogP contribution in [0.5, 0.6) is 0 Å². The lowest BCUT2D eigenvalue weighted by atomic mass is 9.89. The number of ether oxygens (including phenoxy) is 2. The molecule has 0 unspecified atom stereocenters. The lowest BCUT2D eigenvalue weighted by molar-refractivity contribution is -0.124. The van der Waals surface area contributed by atoms with Gasteiger partial charge < -0.3 is 14.8 Å².